The van der Waals surface area contributed by atoms with Gasteiger partial charge < -0.3 is 4.90 Å². The van der Waals surface area contributed by atoms with Gasteiger partial charge in [-0.3, -0.25) is 4.72 Å². The Morgan fingerprint density at radius 3 is 2.33 bits per heavy atom. The zero-order valence-electron chi connectivity index (χ0n) is 16.0. The molecular formula is C23H20ClF3N2S. The first-order chi connectivity index (χ1) is 14.4. The van der Waals surface area contributed by atoms with Crippen molar-refractivity contribution in [2.24, 2.45) is 0 Å². The molecule has 4 rings (SSSR count). The molecule has 0 bridgehead atoms. The highest BCUT2D eigenvalue weighted by Crippen LogP contribution is 2.37. The van der Waals surface area contributed by atoms with Gasteiger partial charge in [0.15, 0.2) is 0 Å². The normalized spacial score (nSPS) is 13.5. The second-order valence-electron chi connectivity index (χ2n) is 7.07. The maximum atomic E-state index is 12.7. The van der Waals surface area contributed by atoms with Crippen molar-refractivity contribution in [1.82, 2.24) is 4.72 Å². The van der Waals surface area contributed by atoms with Crippen LogP contribution in [0.5, 0.6) is 0 Å². The van der Waals surface area contributed by atoms with Crippen molar-refractivity contribution < 1.29 is 13.2 Å². The summed E-state index contributed by atoms with van der Waals surface area (Å²) in [4.78, 5) is 3.01. The fourth-order valence-corrected chi connectivity index (χ4v) is 4.43. The van der Waals surface area contributed by atoms with E-state index in [1.807, 2.05) is 18.2 Å². The second kappa shape index (κ2) is 8.92. The van der Waals surface area contributed by atoms with Crippen LogP contribution < -0.4 is 9.62 Å². The van der Waals surface area contributed by atoms with Crippen molar-refractivity contribution >= 4 is 34.9 Å². The summed E-state index contributed by atoms with van der Waals surface area (Å²) in [5.41, 5.74) is 4.18. The number of fused-ring (bicyclic) bond motifs is 2. The Hall–Kier alpha value is -2.15. The average molecular weight is 449 g/mol. The van der Waals surface area contributed by atoms with Crippen LogP contribution in [-0.2, 0) is 19.0 Å². The molecule has 0 aromatic heterocycles. The van der Waals surface area contributed by atoms with Crippen molar-refractivity contribution in [3.63, 3.8) is 0 Å². The Labute approximate surface area is 183 Å². The molecule has 0 saturated heterocycles. The Kier molecular flexibility index (Phi) is 6.27. The van der Waals surface area contributed by atoms with Crippen LogP contribution in [-0.4, -0.2) is 13.1 Å². The van der Waals surface area contributed by atoms with E-state index < -0.39 is 11.7 Å². The van der Waals surface area contributed by atoms with Crippen LogP contribution in [0.1, 0.15) is 16.7 Å². The van der Waals surface area contributed by atoms with Crippen molar-refractivity contribution in [2.75, 3.05) is 18.0 Å². The zero-order chi connectivity index (χ0) is 21.1. The van der Waals surface area contributed by atoms with Crippen LogP contribution in [0, 0.1) is 0 Å². The molecule has 3 aromatic rings. The molecule has 0 unspecified atom stereocenters. The fourth-order valence-electron chi connectivity index (χ4n) is 3.63. The zero-order valence-corrected chi connectivity index (χ0v) is 17.6. The number of benzene rings is 3. The molecule has 1 aliphatic rings. The van der Waals surface area contributed by atoms with Crippen LogP contribution in [0.2, 0.25) is 5.02 Å². The summed E-state index contributed by atoms with van der Waals surface area (Å²) in [6, 6.07) is 19.5. The number of rotatable bonds is 5. The quantitative estimate of drug-likeness (QED) is 0.338. The van der Waals surface area contributed by atoms with Gasteiger partial charge >= 0.3 is 6.18 Å². The largest absolute Gasteiger partial charge is 0.416 e. The number of para-hydroxylation sites is 1. The number of hydrogen-bond donors (Lipinski definition) is 1. The lowest BCUT2D eigenvalue weighted by atomic mass is 10.0. The third-order valence-electron chi connectivity index (χ3n) is 5.09. The molecule has 0 spiro atoms. The van der Waals surface area contributed by atoms with Gasteiger partial charge in [-0.1, -0.05) is 35.9 Å². The number of nitrogens with zero attached hydrogens (tertiary/aromatic N) is 1. The summed E-state index contributed by atoms with van der Waals surface area (Å²) >= 11 is 7.61. The summed E-state index contributed by atoms with van der Waals surface area (Å²) in [5, 5.41) is 0.699. The Balaban J connectivity index is 1.46. The topological polar surface area (TPSA) is 15.3 Å². The molecular weight excluding hydrogens is 429 g/mol. The summed E-state index contributed by atoms with van der Waals surface area (Å²) < 4.78 is 41.4. The van der Waals surface area contributed by atoms with Gasteiger partial charge in [0.05, 0.1) is 5.56 Å². The molecule has 30 heavy (non-hydrogen) atoms. The third-order valence-corrected chi connectivity index (χ3v) is 6.18. The number of nitrogens with one attached hydrogen (secondary N) is 1. The number of halogens is 4. The van der Waals surface area contributed by atoms with E-state index >= 15 is 0 Å². The predicted octanol–water partition coefficient (Wildman–Crippen LogP) is 6.89. The predicted molar refractivity (Wildman–Crippen MR) is 118 cm³/mol. The molecule has 0 fully saturated rings. The minimum absolute atomic E-state index is 0.637. The van der Waals surface area contributed by atoms with Crippen LogP contribution in [0.4, 0.5) is 24.5 Å². The monoisotopic (exact) mass is 448 g/mol. The highest BCUT2D eigenvalue weighted by atomic mass is 35.5. The van der Waals surface area contributed by atoms with Gasteiger partial charge in [-0.25, -0.2) is 0 Å². The van der Waals surface area contributed by atoms with E-state index in [2.05, 4.69) is 33.9 Å². The molecule has 0 saturated carbocycles. The maximum absolute atomic E-state index is 12.7. The summed E-state index contributed by atoms with van der Waals surface area (Å²) in [7, 11) is 0. The van der Waals surface area contributed by atoms with Gasteiger partial charge in [0.1, 0.15) is 0 Å². The lowest BCUT2D eigenvalue weighted by Crippen LogP contribution is -2.26. The van der Waals surface area contributed by atoms with Crippen LogP contribution in [0.15, 0.2) is 71.6 Å². The smallest absolute Gasteiger partial charge is 0.340 e. The van der Waals surface area contributed by atoms with E-state index in [1.54, 1.807) is 0 Å². The Bertz CT molecular complexity index is 1020. The van der Waals surface area contributed by atoms with E-state index in [-0.39, 0.29) is 0 Å². The lowest BCUT2D eigenvalue weighted by Gasteiger charge is -2.27. The van der Waals surface area contributed by atoms with Gasteiger partial charge in [-0.05, 0) is 78.4 Å². The van der Waals surface area contributed by atoms with Gasteiger partial charge in [0.2, 0.25) is 0 Å². The van der Waals surface area contributed by atoms with Gasteiger partial charge in [0, 0.05) is 34.4 Å². The van der Waals surface area contributed by atoms with Crippen molar-refractivity contribution in [3.05, 3.63) is 88.4 Å². The lowest BCUT2D eigenvalue weighted by molar-refractivity contribution is -0.137. The molecule has 1 N–H and O–H groups in total. The van der Waals surface area contributed by atoms with Crippen molar-refractivity contribution in [1.29, 1.82) is 0 Å². The van der Waals surface area contributed by atoms with Crippen LogP contribution in [0.25, 0.3) is 0 Å². The molecule has 3 aromatic carbocycles. The second-order valence-corrected chi connectivity index (χ2v) is 8.47. The summed E-state index contributed by atoms with van der Waals surface area (Å²) in [6.07, 6.45) is -2.39. The molecule has 0 radical (unpaired) electrons. The number of alkyl halides is 3. The van der Waals surface area contributed by atoms with E-state index in [1.165, 1.54) is 40.9 Å². The standard InChI is InChI=1S/C23H20ClF3N2S/c24-19-10-7-17-6-5-16-3-1-2-4-21(16)29(22(17)15-19)14-13-28-30-20-11-8-18(9-12-20)23(25,26)27/h1-4,7-12,15,28H,5-6,13-14H2. The van der Waals surface area contributed by atoms with Crippen LogP contribution in [0.3, 0.4) is 0 Å². The number of anilines is 2. The van der Waals surface area contributed by atoms with Gasteiger partial charge in [-0.15, -0.1) is 0 Å². The van der Waals surface area contributed by atoms with E-state index in [9.17, 15) is 13.2 Å². The molecule has 2 nitrogen and oxygen atoms in total. The van der Waals surface area contributed by atoms with E-state index in [4.69, 9.17) is 11.6 Å². The average Bonchev–Trinajstić information content (AvgIpc) is 2.88. The molecule has 7 heteroatoms. The first kappa shape index (κ1) is 21.1. The minimum atomic E-state index is -4.31. The highest BCUT2D eigenvalue weighted by Gasteiger charge is 2.30. The van der Waals surface area contributed by atoms with E-state index in [0.717, 1.165) is 35.6 Å². The molecule has 156 valence electrons. The SMILES string of the molecule is FC(F)(F)c1ccc(SNCCN2c3ccccc3CCc3ccc(Cl)cc32)cc1. The third kappa shape index (κ3) is 4.77. The molecule has 1 aliphatic heterocycles. The van der Waals surface area contributed by atoms with E-state index in [0.29, 0.717) is 18.1 Å². The molecule has 0 aliphatic carbocycles. The minimum Gasteiger partial charge on any atom is -0.340 e. The summed E-state index contributed by atoms with van der Waals surface area (Å²) in [6.45, 7) is 1.35. The number of aryl methyl sites for hydroxylation is 2. The first-order valence-corrected chi connectivity index (χ1v) is 10.8. The highest BCUT2D eigenvalue weighted by molar-refractivity contribution is 7.97. The van der Waals surface area contributed by atoms with Crippen LogP contribution >= 0.6 is 23.5 Å². The molecule has 1 heterocycles. The number of hydrogen-bond acceptors (Lipinski definition) is 3. The molecule has 0 amide bonds. The molecule has 0 atom stereocenters. The first-order valence-electron chi connectivity index (χ1n) is 9.63. The van der Waals surface area contributed by atoms with Crippen molar-refractivity contribution in [2.45, 2.75) is 23.9 Å². The van der Waals surface area contributed by atoms with Gasteiger partial charge in [0.25, 0.3) is 0 Å². The maximum Gasteiger partial charge on any atom is 0.416 e. The Morgan fingerprint density at radius 2 is 1.60 bits per heavy atom. The van der Waals surface area contributed by atoms with Crippen molar-refractivity contribution in [3.8, 4) is 0 Å². The Morgan fingerprint density at radius 1 is 0.900 bits per heavy atom. The fraction of sp³-hybridized carbons (Fsp3) is 0.217. The summed E-state index contributed by atoms with van der Waals surface area (Å²) in [5.74, 6) is 0. The van der Waals surface area contributed by atoms with Gasteiger partial charge in [-0.2, -0.15) is 13.2 Å².